The zero-order valence-corrected chi connectivity index (χ0v) is 14.8. The van der Waals surface area contributed by atoms with E-state index < -0.39 is 4.92 Å². The minimum absolute atomic E-state index is 0. The van der Waals surface area contributed by atoms with E-state index in [1.54, 1.807) is 6.07 Å². The molecule has 3 heterocycles. The predicted octanol–water partition coefficient (Wildman–Crippen LogP) is 2.68. The number of pyridine rings is 1. The van der Waals surface area contributed by atoms with Crippen molar-refractivity contribution in [3.63, 3.8) is 0 Å². The molecule has 1 aliphatic rings. The highest BCUT2D eigenvalue weighted by molar-refractivity contribution is 5.85. The van der Waals surface area contributed by atoms with Crippen LogP contribution < -0.4 is 10.6 Å². The summed E-state index contributed by atoms with van der Waals surface area (Å²) >= 11 is 0. The summed E-state index contributed by atoms with van der Waals surface area (Å²) in [7, 11) is 0. The average Bonchev–Trinajstić information content (AvgIpc) is 3.02. The van der Waals surface area contributed by atoms with Crippen LogP contribution in [0, 0.1) is 10.1 Å². The second-order valence-corrected chi connectivity index (χ2v) is 6.19. The van der Waals surface area contributed by atoms with E-state index >= 15 is 0 Å². The molecule has 2 aromatic heterocycles. The molecule has 1 fully saturated rings. The van der Waals surface area contributed by atoms with Crippen molar-refractivity contribution in [1.29, 1.82) is 0 Å². The lowest BCUT2D eigenvalue weighted by Crippen LogP contribution is -2.40. The smallest absolute Gasteiger partial charge is 0.287 e. The van der Waals surface area contributed by atoms with Gasteiger partial charge in [0.1, 0.15) is 12.0 Å². The van der Waals surface area contributed by atoms with Crippen LogP contribution in [0.2, 0.25) is 0 Å². The fraction of sp³-hybridized carbons (Fsp3) is 0.294. The highest BCUT2D eigenvalue weighted by Gasteiger charge is 2.23. The molecule has 0 bridgehead atoms. The molecule has 26 heavy (non-hydrogen) atoms. The van der Waals surface area contributed by atoms with E-state index in [1.807, 2.05) is 28.8 Å². The molecule has 3 aromatic rings. The number of halogens is 1. The molecule has 1 saturated heterocycles. The van der Waals surface area contributed by atoms with Gasteiger partial charge in [-0.3, -0.25) is 14.7 Å². The standard InChI is InChI=1S/C17H18N6O2.ClH/c18-12-7-9-21(10-8-12)17-20-14-3-1-2-4-15(14)22(17)16-6-5-13(11-19-16)23(24)25;/h1-6,11-12H,7-10,18H2;1H. The highest BCUT2D eigenvalue weighted by atomic mass is 35.5. The van der Waals surface area contributed by atoms with Crippen LogP contribution in [0.3, 0.4) is 0 Å². The first-order valence-electron chi connectivity index (χ1n) is 8.22. The van der Waals surface area contributed by atoms with Gasteiger partial charge in [0, 0.05) is 25.2 Å². The highest BCUT2D eigenvalue weighted by Crippen LogP contribution is 2.28. The van der Waals surface area contributed by atoms with Crippen molar-refractivity contribution in [3.8, 4) is 5.82 Å². The number of rotatable bonds is 3. The number of nitrogens with zero attached hydrogens (tertiary/aromatic N) is 5. The number of aromatic nitrogens is 3. The predicted molar refractivity (Wildman–Crippen MR) is 102 cm³/mol. The molecule has 9 heteroatoms. The summed E-state index contributed by atoms with van der Waals surface area (Å²) in [4.78, 5) is 21.7. The Morgan fingerprint density at radius 3 is 2.54 bits per heavy atom. The molecule has 0 saturated carbocycles. The summed E-state index contributed by atoms with van der Waals surface area (Å²) < 4.78 is 1.95. The van der Waals surface area contributed by atoms with Crippen molar-refractivity contribution in [3.05, 3.63) is 52.7 Å². The third kappa shape index (κ3) is 3.21. The molecule has 0 aliphatic carbocycles. The molecule has 2 N–H and O–H groups in total. The summed E-state index contributed by atoms with van der Waals surface area (Å²) in [6.45, 7) is 1.66. The van der Waals surface area contributed by atoms with E-state index in [0.29, 0.717) is 5.82 Å². The minimum Gasteiger partial charge on any atom is -0.342 e. The van der Waals surface area contributed by atoms with Gasteiger partial charge in [0.2, 0.25) is 5.95 Å². The number of anilines is 1. The normalized spacial score (nSPS) is 15.0. The summed E-state index contributed by atoms with van der Waals surface area (Å²) in [6.07, 6.45) is 3.10. The van der Waals surface area contributed by atoms with Crippen LogP contribution in [-0.4, -0.2) is 38.6 Å². The number of nitro groups is 1. The van der Waals surface area contributed by atoms with Crippen LogP contribution in [0.25, 0.3) is 16.9 Å². The monoisotopic (exact) mass is 374 g/mol. The lowest BCUT2D eigenvalue weighted by atomic mass is 10.1. The third-order valence-electron chi connectivity index (χ3n) is 4.54. The third-order valence-corrected chi connectivity index (χ3v) is 4.54. The molecule has 1 aromatic carbocycles. The van der Waals surface area contributed by atoms with Gasteiger partial charge in [0.15, 0.2) is 0 Å². The van der Waals surface area contributed by atoms with Gasteiger partial charge in [-0.05, 0) is 31.0 Å². The number of para-hydroxylation sites is 2. The number of imidazole rings is 1. The fourth-order valence-electron chi connectivity index (χ4n) is 3.17. The number of nitrogens with two attached hydrogens (primary N) is 1. The SMILES string of the molecule is Cl.NC1CCN(c2nc3ccccc3n2-c2ccc([N+](=O)[O-])cn2)CC1. The van der Waals surface area contributed by atoms with Crippen molar-refractivity contribution < 1.29 is 4.92 Å². The largest absolute Gasteiger partial charge is 0.342 e. The van der Waals surface area contributed by atoms with Crippen molar-refractivity contribution in [2.45, 2.75) is 18.9 Å². The average molecular weight is 375 g/mol. The maximum atomic E-state index is 10.9. The van der Waals surface area contributed by atoms with E-state index in [2.05, 4.69) is 9.88 Å². The lowest BCUT2D eigenvalue weighted by Gasteiger charge is -2.31. The number of benzene rings is 1. The van der Waals surface area contributed by atoms with Gasteiger partial charge < -0.3 is 10.6 Å². The molecule has 4 rings (SSSR count). The van der Waals surface area contributed by atoms with Crippen molar-refractivity contribution in [1.82, 2.24) is 14.5 Å². The first kappa shape index (κ1) is 18.1. The molecule has 0 spiro atoms. The molecule has 136 valence electrons. The number of hydrogen-bond acceptors (Lipinski definition) is 6. The first-order chi connectivity index (χ1) is 12.1. The van der Waals surface area contributed by atoms with Crippen molar-refractivity contribution in [2.24, 2.45) is 5.73 Å². The lowest BCUT2D eigenvalue weighted by molar-refractivity contribution is -0.385. The van der Waals surface area contributed by atoms with E-state index in [1.165, 1.54) is 12.3 Å². The first-order valence-corrected chi connectivity index (χ1v) is 8.22. The Kier molecular flexibility index (Phi) is 5.06. The van der Waals surface area contributed by atoms with Gasteiger partial charge >= 0.3 is 0 Å². The van der Waals surface area contributed by atoms with E-state index in [0.717, 1.165) is 42.9 Å². The zero-order valence-electron chi connectivity index (χ0n) is 14.0. The Morgan fingerprint density at radius 2 is 1.88 bits per heavy atom. The summed E-state index contributed by atoms with van der Waals surface area (Å²) in [6, 6.07) is 11.2. The molecule has 0 amide bonds. The summed E-state index contributed by atoms with van der Waals surface area (Å²) in [5.74, 6) is 1.42. The molecule has 0 atom stereocenters. The summed E-state index contributed by atoms with van der Waals surface area (Å²) in [5.41, 5.74) is 7.78. The maximum absolute atomic E-state index is 10.9. The van der Waals surface area contributed by atoms with Crippen LogP contribution in [-0.2, 0) is 0 Å². The van der Waals surface area contributed by atoms with Gasteiger partial charge in [-0.2, -0.15) is 0 Å². The van der Waals surface area contributed by atoms with Crippen LogP contribution in [0.4, 0.5) is 11.6 Å². The maximum Gasteiger partial charge on any atom is 0.287 e. The van der Waals surface area contributed by atoms with Crippen LogP contribution in [0.15, 0.2) is 42.6 Å². The Labute approximate surface area is 156 Å². The quantitative estimate of drug-likeness (QED) is 0.558. The minimum atomic E-state index is -0.449. The molecule has 8 nitrogen and oxygen atoms in total. The van der Waals surface area contributed by atoms with Crippen molar-refractivity contribution >= 4 is 35.1 Å². The molecule has 1 aliphatic heterocycles. The second kappa shape index (κ2) is 7.27. The number of fused-ring (bicyclic) bond motifs is 1. The van der Waals surface area contributed by atoms with Gasteiger partial charge in [0.05, 0.1) is 16.0 Å². The molecule has 0 unspecified atom stereocenters. The van der Waals surface area contributed by atoms with Crippen LogP contribution in [0.1, 0.15) is 12.8 Å². The number of piperidine rings is 1. The van der Waals surface area contributed by atoms with E-state index in [4.69, 9.17) is 10.7 Å². The van der Waals surface area contributed by atoms with Gasteiger partial charge in [0.25, 0.3) is 5.69 Å². The molecular formula is C17H19ClN6O2. The van der Waals surface area contributed by atoms with Crippen LogP contribution in [0.5, 0.6) is 0 Å². The Hall–Kier alpha value is -2.71. The van der Waals surface area contributed by atoms with Gasteiger partial charge in [-0.15, -0.1) is 12.4 Å². The fourth-order valence-corrected chi connectivity index (χ4v) is 3.17. The summed E-state index contributed by atoms with van der Waals surface area (Å²) in [5, 5.41) is 10.9. The second-order valence-electron chi connectivity index (χ2n) is 6.19. The van der Waals surface area contributed by atoms with E-state index in [-0.39, 0.29) is 24.1 Å². The zero-order chi connectivity index (χ0) is 17.4. The molecular weight excluding hydrogens is 356 g/mol. The Bertz CT molecular complexity index is 919. The van der Waals surface area contributed by atoms with Gasteiger partial charge in [-0.25, -0.2) is 9.97 Å². The Morgan fingerprint density at radius 1 is 1.15 bits per heavy atom. The molecule has 0 radical (unpaired) electrons. The van der Waals surface area contributed by atoms with Crippen molar-refractivity contribution in [2.75, 3.05) is 18.0 Å². The van der Waals surface area contributed by atoms with Crippen LogP contribution >= 0.6 is 12.4 Å². The topological polar surface area (TPSA) is 103 Å². The van der Waals surface area contributed by atoms with E-state index in [9.17, 15) is 10.1 Å². The number of hydrogen-bond donors (Lipinski definition) is 1. The van der Waals surface area contributed by atoms with Gasteiger partial charge in [-0.1, -0.05) is 12.1 Å². The Balaban J connectivity index is 0.00000196.